The standard InChI is InChI=1S/C29H39N3O2/c1-31(2)19-26-24(23-7-4-3-5-8-23)10-11-25-27(30-34-28(25)26)12-9-22-13-17-32(18-14-22)20-29(21-33)15-6-16-29/h3-5,7-8,10-11,22,33H,6,9,12-21H2,1-2H3. The van der Waals surface area contributed by atoms with Gasteiger partial charge in [-0.15, -0.1) is 0 Å². The van der Waals surface area contributed by atoms with Gasteiger partial charge in [-0.3, -0.25) is 0 Å². The summed E-state index contributed by atoms with van der Waals surface area (Å²) < 4.78 is 5.98. The molecule has 0 atom stereocenters. The Morgan fingerprint density at radius 2 is 1.85 bits per heavy atom. The molecule has 5 heteroatoms. The number of hydrogen-bond acceptors (Lipinski definition) is 5. The number of likely N-dealkylation sites (tertiary alicyclic amines) is 1. The molecular formula is C29H39N3O2. The Morgan fingerprint density at radius 3 is 2.50 bits per heavy atom. The van der Waals surface area contributed by atoms with Gasteiger partial charge in [-0.1, -0.05) is 48.0 Å². The van der Waals surface area contributed by atoms with E-state index in [1.165, 1.54) is 73.7 Å². The minimum atomic E-state index is 0.204. The van der Waals surface area contributed by atoms with Crippen molar-refractivity contribution in [1.82, 2.24) is 15.0 Å². The number of aryl methyl sites for hydroxylation is 1. The first-order valence-electron chi connectivity index (χ1n) is 13.0. The van der Waals surface area contributed by atoms with Crippen molar-refractivity contribution in [2.75, 3.05) is 40.3 Å². The van der Waals surface area contributed by atoms with Crippen molar-refractivity contribution in [3.63, 3.8) is 0 Å². The monoisotopic (exact) mass is 461 g/mol. The highest BCUT2D eigenvalue weighted by Crippen LogP contribution is 2.42. The van der Waals surface area contributed by atoms with Crippen LogP contribution >= 0.6 is 0 Å². The van der Waals surface area contributed by atoms with Crippen LogP contribution in [0.4, 0.5) is 0 Å². The van der Waals surface area contributed by atoms with Crippen LogP contribution in [0.5, 0.6) is 0 Å². The lowest BCUT2D eigenvalue weighted by Gasteiger charge is -2.45. The lowest BCUT2D eigenvalue weighted by Crippen LogP contribution is -2.47. The largest absolute Gasteiger partial charge is 0.396 e. The molecule has 5 rings (SSSR count). The summed E-state index contributed by atoms with van der Waals surface area (Å²) in [5, 5.41) is 15.5. The Kier molecular flexibility index (Phi) is 7.05. The maximum Gasteiger partial charge on any atom is 0.172 e. The summed E-state index contributed by atoms with van der Waals surface area (Å²) in [5.41, 5.74) is 5.91. The van der Waals surface area contributed by atoms with Gasteiger partial charge in [0.25, 0.3) is 0 Å². The fourth-order valence-corrected chi connectivity index (χ4v) is 5.94. The molecule has 2 aromatic carbocycles. The van der Waals surface area contributed by atoms with Crippen LogP contribution in [0.3, 0.4) is 0 Å². The van der Waals surface area contributed by atoms with E-state index < -0.39 is 0 Å². The molecule has 1 aliphatic heterocycles. The van der Waals surface area contributed by atoms with Gasteiger partial charge in [0.2, 0.25) is 0 Å². The SMILES string of the molecule is CN(C)Cc1c(-c2ccccc2)ccc2c(CCC3CCN(CC4(CO)CCC4)CC3)noc12. The van der Waals surface area contributed by atoms with Crippen LogP contribution in [0.1, 0.15) is 49.8 Å². The average Bonchev–Trinajstić information content (AvgIpc) is 3.25. The molecule has 182 valence electrons. The van der Waals surface area contributed by atoms with Gasteiger partial charge in [-0.25, -0.2) is 0 Å². The zero-order valence-corrected chi connectivity index (χ0v) is 20.8. The normalized spacial score (nSPS) is 19.1. The van der Waals surface area contributed by atoms with Crippen molar-refractivity contribution < 1.29 is 9.63 Å². The van der Waals surface area contributed by atoms with Crippen LogP contribution in [0.15, 0.2) is 47.0 Å². The average molecular weight is 462 g/mol. The predicted octanol–water partition coefficient (Wildman–Crippen LogP) is 5.36. The fraction of sp³-hybridized carbons (Fsp3) is 0.552. The maximum absolute atomic E-state index is 9.80. The summed E-state index contributed by atoms with van der Waals surface area (Å²) in [4.78, 5) is 4.79. The molecule has 1 saturated heterocycles. The number of benzene rings is 2. The highest BCUT2D eigenvalue weighted by molar-refractivity contribution is 5.89. The molecule has 1 aliphatic carbocycles. The van der Waals surface area contributed by atoms with Crippen LogP contribution in [-0.4, -0.2) is 60.4 Å². The highest BCUT2D eigenvalue weighted by Gasteiger charge is 2.38. The second kappa shape index (κ2) is 10.2. The number of aliphatic hydroxyl groups excluding tert-OH is 1. The molecule has 0 spiro atoms. The van der Waals surface area contributed by atoms with Crippen molar-refractivity contribution in [3.8, 4) is 11.1 Å². The second-order valence-electron chi connectivity index (χ2n) is 11.0. The molecule has 2 heterocycles. The Morgan fingerprint density at radius 1 is 1.09 bits per heavy atom. The molecule has 0 bridgehead atoms. The summed E-state index contributed by atoms with van der Waals surface area (Å²) in [6, 6.07) is 15.0. The molecular weight excluding hydrogens is 422 g/mol. The van der Waals surface area contributed by atoms with Crippen LogP contribution in [-0.2, 0) is 13.0 Å². The van der Waals surface area contributed by atoms with Crippen molar-refractivity contribution in [2.24, 2.45) is 11.3 Å². The summed E-state index contributed by atoms with van der Waals surface area (Å²) in [6.45, 7) is 4.60. The van der Waals surface area contributed by atoms with Gasteiger partial charge in [0.1, 0.15) is 0 Å². The van der Waals surface area contributed by atoms with Crippen LogP contribution in [0.2, 0.25) is 0 Å². The highest BCUT2D eigenvalue weighted by atomic mass is 16.5. The molecule has 34 heavy (non-hydrogen) atoms. The first-order valence-corrected chi connectivity index (χ1v) is 13.0. The second-order valence-corrected chi connectivity index (χ2v) is 11.0. The van der Waals surface area contributed by atoms with E-state index in [4.69, 9.17) is 4.52 Å². The van der Waals surface area contributed by atoms with Gasteiger partial charge < -0.3 is 19.4 Å². The van der Waals surface area contributed by atoms with Gasteiger partial charge in [0, 0.05) is 36.1 Å². The summed E-state index contributed by atoms with van der Waals surface area (Å²) >= 11 is 0. The van der Waals surface area contributed by atoms with Crippen LogP contribution < -0.4 is 0 Å². The third-order valence-electron chi connectivity index (χ3n) is 8.18. The van der Waals surface area contributed by atoms with E-state index in [-0.39, 0.29) is 5.41 Å². The van der Waals surface area contributed by atoms with E-state index in [2.05, 4.69) is 71.5 Å². The van der Waals surface area contributed by atoms with Crippen molar-refractivity contribution in [2.45, 2.75) is 51.5 Å². The molecule has 1 aromatic heterocycles. The molecule has 0 amide bonds. The molecule has 2 aliphatic rings. The van der Waals surface area contributed by atoms with E-state index in [0.29, 0.717) is 6.61 Å². The number of aliphatic hydroxyl groups is 1. The van der Waals surface area contributed by atoms with Gasteiger partial charge in [0.15, 0.2) is 5.58 Å². The third kappa shape index (κ3) is 4.93. The quantitative estimate of drug-likeness (QED) is 0.465. The zero-order valence-electron chi connectivity index (χ0n) is 20.8. The number of hydrogen-bond donors (Lipinski definition) is 1. The molecule has 1 N–H and O–H groups in total. The van der Waals surface area contributed by atoms with Crippen LogP contribution in [0, 0.1) is 11.3 Å². The topological polar surface area (TPSA) is 52.7 Å². The van der Waals surface area contributed by atoms with Gasteiger partial charge in [0.05, 0.1) is 5.69 Å². The minimum Gasteiger partial charge on any atom is -0.396 e. The summed E-state index contributed by atoms with van der Waals surface area (Å²) in [5.74, 6) is 0.749. The van der Waals surface area contributed by atoms with Crippen molar-refractivity contribution >= 4 is 11.0 Å². The molecule has 5 nitrogen and oxygen atoms in total. The van der Waals surface area contributed by atoms with Gasteiger partial charge >= 0.3 is 0 Å². The van der Waals surface area contributed by atoms with E-state index in [1.54, 1.807) is 0 Å². The number of fused-ring (bicyclic) bond motifs is 1. The van der Waals surface area contributed by atoms with E-state index in [9.17, 15) is 5.11 Å². The lowest BCUT2D eigenvalue weighted by atomic mass is 9.69. The number of rotatable bonds is 9. The van der Waals surface area contributed by atoms with Gasteiger partial charge in [-0.2, -0.15) is 0 Å². The smallest absolute Gasteiger partial charge is 0.172 e. The maximum atomic E-state index is 9.80. The molecule has 0 unspecified atom stereocenters. The Labute approximate surface area is 203 Å². The first kappa shape index (κ1) is 23.5. The molecule has 3 aromatic rings. The van der Waals surface area contributed by atoms with Gasteiger partial charge in [-0.05, 0) is 88.8 Å². The van der Waals surface area contributed by atoms with E-state index >= 15 is 0 Å². The Bertz CT molecular complexity index is 1070. The Hall–Kier alpha value is -2.21. The van der Waals surface area contributed by atoms with Crippen molar-refractivity contribution in [3.05, 3.63) is 53.7 Å². The number of piperidine rings is 1. The minimum absolute atomic E-state index is 0.204. The predicted molar refractivity (Wildman–Crippen MR) is 138 cm³/mol. The molecule has 1 saturated carbocycles. The molecule has 2 fully saturated rings. The van der Waals surface area contributed by atoms with Crippen molar-refractivity contribution in [1.29, 1.82) is 0 Å². The van der Waals surface area contributed by atoms with E-state index in [1.807, 2.05) is 0 Å². The zero-order chi connectivity index (χ0) is 23.5. The summed E-state index contributed by atoms with van der Waals surface area (Å²) in [7, 11) is 4.20. The summed E-state index contributed by atoms with van der Waals surface area (Å²) in [6.07, 6.45) is 8.33. The fourth-order valence-electron chi connectivity index (χ4n) is 5.94. The van der Waals surface area contributed by atoms with Crippen LogP contribution in [0.25, 0.3) is 22.1 Å². The van der Waals surface area contributed by atoms with E-state index in [0.717, 1.165) is 36.7 Å². The lowest BCUT2D eigenvalue weighted by molar-refractivity contribution is -0.00152. The first-order chi connectivity index (χ1) is 16.6. The molecule has 0 radical (unpaired) electrons. The number of nitrogens with zero attached hydrogens (tertiary/aromatic N) is 3. The Balaban J connectivity index is 1.25. The number of aromatic nitrogens is 1. The third-order valence-corrected chi connectivity index (χ3v) is 8.18.